The number of aliphatic imine (C=N–C) groups is 1. The Morgan fingerprint density at radius 2 is 2.54 bits per heavy atom. The lowest BCUT2D eigenvalue weighted by atomic mass is 10.1. The predicted molar refractivity (Wildman–Crippen MR) is 48.8 cm³/mol. The van der Waals surface area contributed by atoms with E-state index in [1.165, 1.54) is 0 Å². The first-order valence-corrected chi connectivity index (χ1v) is 4.61. The minimum absolute atomic E-state index is 0.308. The highest BCUT2D eigenvalue weighted by atomic mass is 16.5. The molecule has 1 heterocycles. The van der Waals surface area contributed by atoms with Gasteiger partial charge in [-0.1, -0.05) is 0 Å². The Bertz CT molecular complexity index is 213. The lowest BCUT2D eigenvalue weighted by Gasteiger charge is -2.08. The summed E-state index contributed by atoms with van der Waals surface area (Å²) < 4.78 is 4.67. The molecule has 1 aliphatic heterocycles. The quantitative estimate of drug-likeness (QED) is 0.650. The molecule has 0 saturated heterocycles. The molecule has 0 fully saturated rings. The fraction of sp³-hybridized carbons (Fsp3) is 0.778. The predicted octanol–water partition coefficient (Wildman–Crippen LogP) is 0.535. The van der Waals surface area contributed by atoms with Gasteiger partial charge in [0.1, 0.15) is 0 Å². The van der Waals surface area contributed by atoms with Crippen molar-refractivity contribution in [2.75, 3.05) is 13.2 Å². The van der Waals surface area contributed by atoms with Crippen LogP contribution in [0.3, 0.4) is 0 Å². The van der Waals surface area contributed by atoms with Gasteiger partial charge in [-0.15, -0.1) is 0 Å². The highest BCUT2D eigenvalue weighted by Gasteiger charge is 2.19. The topological polar surface area (TPSA) is 58.9 Å². The van der Waals surface area contributed by atoms with Crippen LogP contribution in [0.5, 0.6) is 0 Å². The second-order valence-corrected chi connectivity index (χ2v) is 3.02. The van der Waals surface area contributed by atoms with Crippen LogP contribution in [-0.2, 0) is 9.53 Å². The normalized spacial score (nSPS) is 18.2. The lowest BCUT2D eigenvalue weighted by Crippen LogP contribution is -2.25. The van der Waals surface area contributed by atoms with E-state index in [-0.39, 0.29) is 0 Å². The fourth-order valence-electron chi connectivity index (χ4n) is 1.31. The Morgan fingerprint density at radius 3 is 3.08 bits per heavy atom. The molecule has 0 saturated carbocycles. The van der Waals surface area contributed by atoms with Crippen molar-refractivity contribution in [3.63, 3.8) is 0 Å². The molecule has 4 nitrogen and oxygen atoms in total. The lowest BCUT2D eigenvalue weighted by molar-refractivity contribution is -0.152. The SMILES string of the molecule is CCOC(=O)C(O)CC1=NCCC1. The maximum Gasteiger partial charge on any atom is 0.335 e. The van der Waals surface area contributed by atoms with Crippen LogP contribution >= 0.6 is 0 Å². The molecular formula is C9H15NO3. The Hall–Kier alpha value is -0.900. The molecule has 0 aromatic carbocycles. The molecule has 0 amide bonds. The number of aliphatic hydroxyl groups excluding tert-OH is 1. The molecule has 1 rings (SSSR count). The minimum atomic E-state index is -1.03. The van der Waals surface area contributed by atoms with E-state index in [0.717, 1.165) is 25.1 Å². The number of ether oxygens (including phenoxy) is 1. The van der Waals surface area contributed by atoms with Gasteiger partial charge in [-0.25, -0.2) is 4.79 Å². The van der Waals surface area contributed by atoms with Gasteiger partial charge in [0, 0.05) is 18.7 Å². The molecule has 0 aromatic heterocycles. The molecule has 1 N–H and O–H groups in total. The molecule has 0 aliphatic carbocycles. The van der Waals surface area contributed by atoms with Gasteiger partial charge >= 0.3 is 5.97 Å². The number of aliphatic hydroxyl groups is 1. The summed E-state index contributed by atoms with van der Waals surface area (Å²) in [5, 5.41) is 9.35. The van der Waals surface area contributed by atoms with Crippen LogP contribution in [0.2, 0.25) is 0 Å². The molecule has 1 aliphatic rings. The zero-order chi connectivity index (χ0) is 9.68. The van der Waals surface area contributed by atoms with Crippen LogP contribution in [0.1, 0.15) is 26.2 Å². The standard InChI is InChI=1S/C9H15NO3/c1-2-13-9(12)8(11)6-7-4-3-5-10-7/h8,11H,2-6H2,1H3. The molecule has 4 heteroatoms. The second-order valence-electron chi connectivity index (χ2n) is 3.02. The van der Waals surface area contributed by atoms with E-state index in [1.807, 2.05) is 0 Å². The smallest absolute Gasteiger partial charge is 0.335 e. The van der Waals surface area contributed by atoms with E-state index in [4.69, 9.17) is 0 Å². The van der Waals surface area contributed by atoms with Crippen molar-refractivity contribution in [3.8, 4) is 0 Å². The van der Waals surface area contributed by atoms with Crippen LogP contribution in [0.4, 0.5) is 0 Å². The number of hydrogen-bond donors (Lipinski definition) is 1. The molecule has 1 atom stereocenters. The Labute approximate surface area is 77.6 Å². The third kappa shape index (κ3) is 3.14. The van der Waals surface area contributed by atoms with Crippen molar-refractivity contribution in [2.45, 2.75) is 32.3 Å². The van der Waals surface area contributed by atoms with Crippen molar-refractivity contribution < 1.29 is 14.6 Å². The molecular weight excluding hydrogens is 170 g/mol. The largest absolute Gasteiger partial charge is 0.464 e. The summed E-state index contributed by atoms with van der Waals surface area (Å²) in [6.45, 7) is 2.85. The Balaban J connectivity index is 2.31. The first-order chi connectivity index (χ1) is 6.24. The van der Waals surface area contributed by atoms with Crippen molar-refractivity contribution >= 4 is 11.7 Å². The summed E-state index contributed by atoms with van der Waals surface area (Å²) in [7, 11) is 0. The molecule has 74 valence electrons. The monoisotopic (exact) mass is 185 g/mol. The van der Waals surface area contributed by atoms with Gasteiger partial charge < -0.3 is 9.84 Å². The van der Waals surface area contributed by atoms with Crippen LogP contribution in [0.25, 0.3) is 0 Å². The zero-order valence-electron chi connectivity index (χ0n) is 7.82. The summed E-state index contributed by atoms with van der Waals surface area (Å²) >= 11 is 0. The maximum absolute atomic E-state index is 11.0. The Kier molecular flexibility index (Phi) is 3.89. The summed E-state index contributed by atoms with van der Waals surface area (Å²) in [6, 6.07) is 0. The second kappa shape index (κ2) is 4.97. The van der Waals surface area contributed by atoms with Gasteiger partial charge in [0.25, 0.3) is 0 Å². The van der Waals surface area contributed by atoms with E-state index < -0.39 is 12.1 Å². The molecule has 13 heavy (non-hydrogen) atoms. The van der Waals surface area contributed by atoms with Gasteiger partial charge in [0.2, 0.25) is 0 Å². The first-order valence-electron chi connectivity index (χ1n) is 4.61. The summed E-state index contributed by atoms with van der Waals surface area (Å²) in [5.41, 5.74) is 0.931. The number of carbonyl (C=O) groups excluding carboxylic acids is 1. The highest BCUT2D eigenvalue weighted by molar-refractivity contribution is 5.90. The van der Waals surface area contributed by atoms with Gasteiger partial charge in [-0.2, -0.15) is 0 Å². The van der Waals surface area contributed by atoms with Gasteiger partial charge in [-0.05, 0) is 19.8 Å². The zero-order valence-corrected chi connectivity index (χ0v) is 7.82. The summed E-state index contributed by atoms with van der Waals surface area (Å²) in [6.07, 6.45) is 1.23. The molecule has 0 bridgehead atoms. The van der Waals surface area contributed by atoms with Gasteiger partial charge in [-0.3, -0.25) is 4.99 Å². The molecule has 0 spiro atoms. The number of rotatable bonds is 4. The van der Waals surface area contributed by atoms with Crippen molar-refractivity contribution in [2.24, 2.45) is 4.99 Å². The summed E-state index contributed by atoms with van der Waals surface area (Å²) in [4.78, 5) is 15.2. The number of hydrogen-bond acceptors (Lipinski definition) is 4. The molecule has 0 aromatic rings. The van der Waals surface area contributed by atoms with E-state index in [2.05, 4.69) is 9.73 Å². The third-order valence-electron chi connectivity index (χ3n) is 1.95. The van der Waals surface area contributed by atoms with Crippen LogP contribution in [0.15, 0.2) is 4.99 Å². The number of nitrogens with zero attached hydrogens (tertiary/aromatic N) is 1. The summed E-state index contributed by atoms with van der Waals surface area (Å²) in [5.74, 6) is -0.544. The first kappa shape index (κ1) is 10.2. The number of carbonyl (C=O) groups is 1. The maximum atomic E-state index is 11.0. The minimum Gasteiger partial charge on any atom is -0.464 e. The van der Waals surface area contributed by atoms with Crippen LogP contribution < -0.4 is 0 Å². The average Bonchev–Trinajstić information content (AvgIpc) is 2.57. The average molecular weight is 185 g/mol. The third-order valence-corrected chi connectivity index (χ3v) is 1.95. The van der Waals surface area contributed by atoms with E-state index in [1.54, 1.807) is 6.92 Å². The molecule has 1 unspecified atom stereocenters. The van der Waals surface area contributed by atoms with Crippen molar-refractivity contribution in [3.05, 3.63) is 0 Å². The van der Waals surface area contributed by atoms with Crippen LogP contribution in [-0.4, -0.2) is 36.0 Å². The van der Waals surface area contributed by atoms with E-state index >= 15 is 0 Å². The van der Waals surface area contributed by atoms with E-state index in [9.17, 15) is 9.90 Å². The van der Waals surface area contributed by atoms with Crippen molar-refractivity contribution in [1.82, 2.24) is 0 Å². The molecule has 0 radical (unpaired) electrons. The fourth-order valence-corrected chi connectivity index (χ4v) is 1.31. The highest BCUT2D eigenvalue weighted by Crippen LogP contribution is 2.09. The van der Waals surface area contributed by atoms with Crippen molar-refractivity contribution in [1.29, 1.82) is 0 Å². The van der Waals surface area contributed by atoms with E-state index in [0.29, 0.717) is 13.0 Å². The van der Waals surface area contributed by atoms with Gasteiger partial charge in [0.05, 0.1) is 6.61 Å². The van der Waals surface area contributed by atoms with Crippen LogP contribution in [0, 0.1) is 0 Å². The Morgan fingerprint density at radius 1 is 1.77 bits per heavy atom. The van der Waals surface area contributed by atoms with Gasteiger partial charge in [0.15, 0.2) is 6.10 Å². The number of esters is 1.